The van der Waals surface area contributed by atoms with Crippen LogP contribution in [0.25, 0.3) is 0 Å². The largest absolute Gasteiger partial charge is 0.392 e. The minimum Gasteiger partial charge on any atom is -0.392 e. The lowest BCUT2D eigenvalue weighted by Gasteiger charge is -2.22. The Kier molecular flexibility index (Phi) is 3.79. The summed E-state index contributed by atoms with van der Waals surface area (Å²) < 4.78 is 27.6. The Labute approximate surface area is 124 Å². The summed E-state index contributed by atoms with van der Waals surface area (Å²) in [4.78, 5) is 0.169. The van der Waals surface area contributed by atoms with E-state index < -0.39 is 10.0 Å². The molecule has 20 heavy (non-hydrogen) atoms. The number of halogens is 1. The average Bonchev–Trinajstić information content (AvgIpc) is 3.00. The smallest absolute Gasteiger partial charge is 0.240 e. The van der Waals surface area contributed by atoms with Crippen molar-refractivity contribution in [1.82, 2.24) is 4.72 Å². The number of rotatable bonds is 4. The van der Waals surface area contributed by atoms with Gasteiger partial charge in [-0.05, 0) is 48.8 Å². The van der Waals surface area contributed by atoms with Crippen LogP contribution in [0, 0.1) is 11.8 Å². The van der Waals surface area contributed by atoms with Crippen LogP contribution in [0.2, 0.25) is 5.02 Å². The molecule has 3 rings (SSSR count). The van der Waals surface area contributed by atoms with Crippen LogP contribution < -0.4 is 4.72 Å². The predicted octanol–water partition coefficient (Wildman–Crippen LogP) is 2.30. The zero-order chi connectivity index (χ0) is 14.3. The van der Waals surface area contributed by atoms with Gasteiger partial charge in [0.25, 0.3) is 0 Å². The lowest BCUT2D eigenvalue weighted by atomic mass is 9.96. The highest BCUT2D eigenvalue weighted by atomic mass is 35.5. The van der Waals surface area contributed by atoms with Crippen LogP contribution in [0.1, 0.15) is 31.2 Å². The molecule has 1 aromatic carbocycles. The van der Waals surface area contributed by atoms with Crippen LogP contribution in [-0.4, -0.2) is 19.6 Å². The molecule has 0 saturated heterocycles. The first-order valence-corrected chi connectivity index (χ1v) is 8.77. The summed E-state index contributed by atoms with van der Waals surface area (Å²) in [7, 11) is -3.53. The molecule has 0 spiro atoms. The topological polar surface area (TPSA) is 66.4 Å². The molecule has 2 N–H and O–H groups in total. The van der Waals surface area contributed by atoms with E-state index in [1.165, 1.54) is 18.6 Å². The molecule has 2 fully saturated rings. The van der Waals surface area contributed by atoms with E-state index in [-0.39, 0.29) is 22.6 Å². The van der Waals surface area contributed by atoms with Crippen molar-refractivity contribution in [1.29, 1.82) is 0 Å². The summed E-state index contributed by atoms with van der Waals surface area (Å²) in [5.41, 5.74) is 0.533. The second-order valence-corrected chi connectivity index (χ2v) is 7.94. The number of fused-ring (bicyclic) bond motifs is 2. The van der Waals surface area contributed by atoms with E-state index in [0.717, 1.165) is 19.3 Å². The Morgan fingerprint density at radius 1 is 1.30 bits per heavy atom. The summed E-state index contributed by atoms with van der Waals surface area (Å²) in [6, 6.07) is 4.52. The summed E-state index contributed by atoms with van der Waals surface area (Å²) >= 11 is 5.96. The van der Waals surface area contributed by atoms with E-state index in [2.05, 4.69) is 4.72 Å². The van der Waals surface area contributed by atoms with Crippen molar-refractivity contribution in [3.8, 4) is 0 Å². The second kappa shape index (κ2) is 5.30. The summed E-state index contributed by atoms with van der Waals surface area (Å²) in [5.74, 6) is 1.18. The third-order valence-corrected chi connectivity index (χ3v) is 6.39. The van der Waals surface area contributed by atoms with Crippen molar-refractivity contribution in [3.05, 3.63) is 28.8 Å². The third kappa shape index (κ3) is 2.60. The summed E-state index contributed by atoms with van der Waals surface area (Å²) in [6.07, 6.45) is 4.46. The van der Waals surface area contributed by atoms with Crippen molar-refractivity contribution < 1.29 is 13.5 Å². The van der Waals surface area contributed by atoms with Crippen molar-refractivity contribution in [2.45, 2.75) is 43.2 Å². The van der Waals surface area contributed by atoms with Crippen LogP contribution in [0.15, 0.2) is 23.1 Å². The van der Waals surface area contributed by atoms with Crippen molar-refractivity contribution in [2.75, 3.05) is 0 Å². The van der Waals surface area contributed by atoms with Gasteiger partial charge >= 0.3 is 0 Å². The molecule has 0 heterocycles. The van der Waals surface area contributed by atoms with Gasteiger partial charge in [0, 0.05) is 11.1 Å². The average molecular weight is 316 g/mol. The molecule has 2 bridgehead atoms. The molecule has 2 saturated carbocycles. The Morgan fingerprint density at radius 2 is 2.10 bits per heavy atom. The van der Waals surface area contributed by atoms with Crippen molar-refractivity contribution in [2.24, 2.45) is 11.8 Å². The molecular weight excluding hydrogens is 298 g/mol. The Morgan fingerprint density at radius 3 is 2.65 bits per heavy atom. The Balaban J connectivity index is 1.79. The maximum atomic E-state index is 12.4. The van der Waals surface area contributed by atoms with Crippen LogP contribution in [0.4, 0.5) is 0 Å². The fourth-order valence-corrected chi connectivity index (χ4v) is 5.13. The second-order valence-electron chi connectivity index (χ2n) is 5.81. The molecule has 2 aliphatic carbocycles. The van der Waals surface area contributed by atoms with Crippen molar-refractivity contribution in [3.63, 3.8) is 0 Å². The van der Waals surface area contributed by atoms with Gasteiger partial charge in [0.05, 0.1) is 11.5 Å². The summed E-state index contributed by atoms with van der Waals surface area (Å²) in [6.45, 7) is -0.195. The molecule has 4 nitrogen and oxygen atoms in total. The fraction of sp³-hybridized carbons (Fsp3) is 0.571. The highest BCUT2D eigenvalue weighted by molar-refractivity contribution is 7.89. The molecule has 0 aromatic heterocycles. The van der Waals surface area contributed by atoms with Gasteiger partial charge in [-0.2, -0.15) is 0 Å². The highest BCUT2D eigenvalue weighted by Crippen LogP contribution is 2.44. The molecule has 110 valence electrons. The highest BCUT2D eigenvalue weighted by Gasteiger charge is 2.41. The maximum absolute atomic E-state index is 12.4. The van der Waals surface area contributed by atoms with Crippen LogP contribution in [0.3, 0.4) is 0 Å². The van der Waals surface area contributed by atoms with E-state index in [1.54, 1.807) is 6.07 Å². The molecule has 1 aromatic rings. The first kappa shape index (κ1) is 14.3. The van der Waals surface area contributed by atoms with Gasteiger partial charge in [-0.1, -0.05) is 24.1 Å². The maximum Gasteiger partial charge on any atom is 0.240 e. The van der Waals surface area contributed by atoms with Crippen molar-refractivity contribution >= 4 is 21.6 Å². The SMILES string of the molecule is O=S(=O)(NC1CC2CCC1C2)c1ccc(CO)c(Cl)c1. The first-order chi connectivity index (χ1) is 9.49. The molecule has 3 atom stereocenters. The number of nitrogens with one attached hydrogen (secondary N) is 1. The first-order valence-electron chi connectivity index (χ1n) is 6.91. The van der Waals surface area contributed by atoms with Gasteiger partial charge in [-0.15, -0.1) is 0 Å². The molecule has 2 aliphatic rings. The third-order valence-electron chi connectivity index (χ3n) is 4.55. The van der Waals surface area contributed by atoms with Gasteiger partial charge in [0.2, 0.25) is 10.0 Å². The number of hydrogen-bond donors (Lipinski definition) is 2. The quantitative estimate of drug-likeness (QED) is 0.896. The number of hydrogen-bond acceptors (Lipinski definition) is 3. The summed E-state index contributed by atoms with van der Waals surface area (Å²) in [5, 5.41) is 9.34. The van der Waals surface area contributed by atoms with E-state index in [9.17, 15) is 8.42 Å². The zero-order valence-electron chi connectivity index (χ0n) is 11.0. The lowest BCUT2D eigenvalue weighted by Crippen LogP contribution is -2.38. The number of aliphatic hydroxyl groups is 1. The molecule has 0 amide bonds. The Bertz CT molecular complexity index is 617. The van der Waals surface area contributed by atoms with E-state index in [0.29, 0.717) is 17.4 Å². The molecule has 3 unspecified atom stereocenters. The predicted molar refractivity (Wildman–Crippen MR) is 76.9 cm³/mol. The van der Waals surface area contributed by atoms with Crippen LogP contribution in [-0.2, 0) is 16.6 Å². The molecule has 6 heteroatoms. The van der Waals surface area contributed by atoms with E-state index >= 15 is 0 Å². The van der Waals surface area contributed by atoms with Crippen LogP contribution >= 0.6 is 11.6 Å². The van der Waals surface area contributed by atoms with Gasteiger partial charge in [-0.25, -0.2) is 13.1 Å². The number of aliphatic hydroxyl groups excluding tert-OH is 1. The lowest BCUT2D eigenvalue weighted by molar-refractivity contribution is 0.282. The monoisotopic (exact) mass is 315 g/mol. The van der Waals surface area contributed by atoms with E-state index in [1.807, 2.05) is 0 Å². The minimum atomic E-state index is -3.53. The molecule has 0 aliphatic heterocycles. The fourth-order valence-electron chi connectivity index (χ4n) is 3.48. The minimum absolute atomic E-state index is 0.0649. The molecule has 0 radical (unpaired) electrons. The molecular formula is C14H18ClNO3S. The van der Waals surface area contributed by atoms with Gasteiger partial charge in [-0.3, -0.25) is 0 Å². The number of sulfonamides is 1. The van der Waals surface area contributed by atoms with E-state index in [4.69, 9.17) is 16.7 Å². The Hall–Kier alpha value is -0.620. The van der Waals surface area contributed by atoms with Crippen LogP contribution in [0.5, 0.6) is 0 Å². The van der Waals surface area contributed by atoms with Gasteiger partial charge in [0.15, 0.2) is 0 Å². The zero-order valence-corrected chi connectivity index (χ0v) is 12.6. The number of benzene rings is 1. The normalized spacial score (nSPS) is 29.0. The van der Waals surface area contributed by atoms with Gasteiger partial charge in [0.1, 0.15) is 0 Å². The standard InChI is InChI=1S/C14H18ClNO3S/c15-13-7-12(4-3-11(13)8-17)20(18,19)16-14-6-9-1-2-10(14)5-9/h3-4,7,9-10,14,16-17H,1-2,5-6,8H2. The van der Waals surface area contributed by atoms with Gasteiger partial charge < -0.3 is 5.11 Å².